The maximum Gasteiger partial charge on any atom is 0.104 e. The average Bonchev–Trinajstić information content (AvgIpc) is 2.05. The van der Waals surface area contributed by atoms with Crippen LogP contribution in [0.15, 0.2) is 12.3 Å². The van der Waals surface area contributed by atoms with Crippen molar-refractivity contribution in [3.8, 4) is 0 Å². The van der Waals surface area contributed by atoms with Crippen molar-refractivity contribution in [3.63, 3.8) is 0 Å². The molecule has 1 aliphatic heterocycles. The second-order valence-electron chi connectivity index (χ2n) is 2.35. The molecule has 58 valence electrons. The number of rotatable bonds is 2. The minimum atomic E-state index is 0.143. The summed E-state index contributed by atoms with van der Waals surface area (Å²) in [6.07, 6.45) is 5.11. The lowest BCUT2D eigenvalue weighted by Crippen LogP contribution is -2.38. The molecule has 0 aromatic heterocycles. The predicted octanol–water partition coefficient (Wildman–Crippen LogP) is 1.34. The molecular weight excluding hydrogens is 148 g/mol. The van der Waals surface area contributed by atoms with E-state index in [4.69, 9.17) is 11.6 Å². The van der Waals surface area contributed by atoms with Gasteiger partial charge in [-0.05, 0) is 12.6 Å². The lowest BCUT2D eigenvalue weighted by Gasteiger charge is -2.27. The second-order valence-corrected chi connectivity index (χ2v) is 2.86. The van der Waals surface area contributed by atoms with Crippen molar-refractivity contribution < 1.29 is 0 Å². The van der Waals surface area contributed by atoms with Crippen LogP contribution in [-0.4, -0.2) is 23.6 Å². The first-order chi connectivity index (χ1) is 4.84. The van der Waals surface area contributed by atoms with Crippen LogP contribution in [0.25, 0.3) is 0 Å². The maximum absolute atomic E-state index is 5.98. The normalized spacial score (nSPS) is 21.2. The molecule has 0 saturated carbocycles. The number of hydrogen-bond donors (Lipinski definition) is 1. The summed E-state index contributed by atoms with van der Waals surface area (Å²) in [6.45, 7) is 3.92. The van der Waals surface area contributed by atoms with Crippen molar-refractivity contribution in [2.45, 2.75) is 18.8 Å². The highest BCUT2D eigenvalue weighted by Crippen LogP contribution is 2.09. The van der Waals surface area contributed by atoms with Gasteiger partial charge >= 0.3 is 0 Å². The Bertz CT molecular complexity index is 125. The topological polar surface area (TPSA) is 15.3 Å². The van der Waals surface area contributed by atoms with Gasteiger partial charge in [0.15, 0.2) is 0 Å². The van der Waals surface area contributed by atoms with Gasteiger partial charge < -0.3 is 4.90 Å². The van der Waals surface area contributed by atoms with Crippen molar-refractivity contribution in [2.24, 2.45) is 0 Å². The van der Waals surface area contributed by atoms with E-state index in [2.05, 4.69) is 29.4 Å². The standard InChI is InChI=1S/C7H13ClN2/c1-2-7(8)10-5-3-4-9-6-10/h3,5,7,9H,2,4,6H2,1H3. The lowest BCUT2D eigenvalue weighted by atomic mass is 10.4. The Morgan fingerprint density at radius 3 is 3.10 bits per heavy atom. The summed E-state index contributed by atoms with van der Waals surface area (Å²) in [5.41, 5.74) is 0.143. The van der Waals surface area contributed by atoms with Gasteiger partial charge in [0.1, 0.15) is 5.50 Å². The zero-order valence-corrected chi connectivity index (χ0v) is 6.93. The van der Waals surface area contributed by atoms with Crippen LogP contribution in [0.1, 0.15) is 13.3 Å². The van der Waals surface area contributed by atoms with E-state index in [9.17, 15) is 0 Å². The third kappa shape index (κ3) is 1.89. The number of nitrogens with one attached hydrogen (secondary N) is 1. The van der Waals surface area contributed by atoms with E-state index < -0.39 is 0 Å². The molecule has 2 nitrogen and oxygen atoms in total. The highest BCUT2D eigenvalue weighted by atomic mass is 35.5. The Kier molecular flexibility index (Phi) is 3.03. The Labute approximate surface area is 66.8 Å². The summed E-state index contributed by atoms with van der Waals surface area (Å²) in [5, 5.41) is 3.20. The van der Waals surface area contributed by atoms with Gasteiger partial charge in [-0.2, -0.15) is 0 Å². The number of halogens is 1. The maximum atomic E-state index is 5.98. The zero-order valence-electron chi connectivity index (χ0n) is 6.18. The van der Waals surface area contributed by atoms with Crippen molar-refractivity contribution in [2.75, 3.05) is 13.2 Å². The van der Waals surface area contributed by atoms with Crippen molar-refractivity contribution in [1.29, 1.82) is 0 Å². The fraction of sp³-hybridized carbons (Fsp3) is 0.714. The SMILES string of the molecule is CCC(Cl)N1C=CCNC1. The fourth-order valence-electron chi connectivity index (χ4n) is 0.945. The molecule has 0 aliphatic carbocycles. The van der Waals surface area contributed by atoms with Crippen LogP contribution >= 0.6 is 11.6 Å². The van der Waals surface area contributed by atoms with Gasteiger partial charge in [-0.3, -0.25) is 5.32 Å². The quantitative estimate of drug-likeness (QED) is 0.485. The van der Waals surface area contributed by atoms with Crippen LogP contribution in [0, 0.1) is 0 Å². The summed E-state index contributed by atoms with van der Waals surface area (Å²) < 4.78 is 0. The molecular formula is C7H13ClN2. The van der Waals surface area contributed by atoms with Crippen LogP contribution in [0.2, 0.25) is 0 Å². The second kappa shape index (κ2) is 3.84. The van der Waals surface area contributed by atoms with Gasteiger partial charge in [0.2, 0.25) is 0 Å². The van der Waals surface area contributed by atoms with Gasteiger partial charge in [-0.1, -0.05) is 24.6 Å². The van der Waals surface area contributed by atoms with E-state index in [1.165, 1.54) is 0 Å². The molecule has 0 saturated heterocycles. The Morgan fingerprint density at radius 2 is 2.60 bits per heavy atom. The van der Waals surface area contributed by atoms with Crippen LogP contribution in [0.3, 0.4) is 0 Å². The molecule has 1 N–H and O–H groups in total. The highest BCUT2D eigenvalue weighted by molar-refractivity contribution is 6.20. The molecule has 0 fully saturated rings. The number of hydrogen-bond acceptors (Lipinski definition) is 2. The summed E-state index contributed by atoms with van der Waals surface area (Å²) in [7, 11) is 0. The molecule has 10 heavy (non-hydrogen) atoms. The molecule has 0 amide bonds. The summed E-state index contributed by atoms with van der Waals surface area (Å²) >= 11 is 5.98. The first kappa shape index (κ1) is 7.89. The third-order valence-electron chi connectivity index (χ3n) is 1.55. The molecule has 1 aliphatic rings. The molecule has 0 spiro atoms. The largest absolute Gasteiger partial charge is 0.349 e. The van der Waals surface area contributed by atoms with Gasteiger partial charge in [-0.25, -0.2) is 0 Å². The molecule has 0 radical (unpaired) electrons. The van der Waals surface area contributed by atoms with Gasteiger partial charge in [0.05, 0.1) is 6.67 Å². The molecule has 1 atom stereocenters. The molecule has 1 heterocycles. The van der Waals surface area contributed by atoms with E-state index in [0.29, 0.717) is 0 Å². The van der Waals surface area contributed by atoms with Crippen LogP contribution in [0.5, 0.6) is 0 Å². The highest BCUT2D eigenvalue weighted by Gasteiger charge is 2.09. The van der Waals surface area contributed by atoms with Crippen LogP contribution in [-0.2, 0) is 0 Å². The molecule has 0 bridgehead atoms. The van der Waals surface area contributed by atoms with Crippen molar-refractivity contribution in [3.05, 3.63) is 12.3 Å². The third-order valence-corrected chi connectivity index (χ3v) is 2.11. The fourth-order valence-corrected chi connectivity index (χ4v) is 1.08. The van der Waals surface area contributed by atoms with E-state index in [1.54, 1.807) is 0 Å². The Hall–Kier alpha value is -0.210. The molecule has 0 aromatic rings. The van der Waals surface area contributed by atoms with Crippen LogP contribution < -0.4 is 5.32 Å². The average molecular weight is 161 g/mol. The Balaban J connectivity index is 2.38. The molecule has 3 heteroatoms. The summed E-state index contributed by atoms with van der Waals surface area (Å²) in [5.74, 6) is 0. The summed E-state index contributed by atoms with van der Waals surface area (Å²) in [4.78, 5) is 2.09. The van der Waals surface area contributed by atoms with Crippen LogP contribution in [0.4, 0.5) is 0 Å². The van der Waals surface area contributed by atoms with E-state index in [0.717, 1.165) is 19.6 Å². The van der Waals surface area contributed by atoms with Gasteiger partial charge in [-0.15, -0.1) is 0 Å². The zero-order chi connectivity index (χ0) is 7.40. The first-order valence-corrected chi connectivity index (χ1v) is 4.05. The predicted molar refractivity (Wildman–Crippen MR) is 43.8 cm³/mol. The van der Waals surface area contributed by atoms with Crippen molar-refractivity contribution in [1.82, 2.24) is 10.2 Å². The molecule has 0 aromatic carbocycles. The van der Waals surface area contributed by atoms with Crippen molar-refractivity contribution >= 4 is 11.6 Å². The van der Waals surface area contributed by atoms with Gasteiger partial charge in [0.25, 0.3) is 0 Å². The molecule has 1 rings (SSSR count). The lowest BCUT2D eigenvalue weighted by molar-refractivity contribution is 0.306. The van der Waals surface area contributed by atoms with E-state index in [-0.39, 0.29) is 5.50 Å². The first-order valence-electron chi connectivity index (χ1n) is 3.61. The number of alkyl halides is 1. The monoisotopic (exact) mass is 160 g/mol. The smallest absolute Gasteiger partial charge is 0.104 e. The minimum Gasteiger partial charge on any atom is -0.349 e. The van der Waals surface area contributed by atoms with E-state index >= 15 is 0 Å². The minimum absolute atomic E-state index is 0.143. The van der Waals surface area contributed by atoms with E-state index in [1.807, 2.05) is 0 Å². The summed E-state index contributed by atoms with van der Waals surface area (Å²) in [6, 6.07) is 0. The van der Waals surface area contributed by atoms with Gasteiger partial charge in [0, 0.05) is 6.54 Å². The number of nitrogens with zero attached hydrogens (tertiary/aromatic N) is 1. The molecule has 1 unspecified atom stereocenters. The Morgan fingerprint density at radius 1 is 1.80 bits per heavy atom.